The van der Waals surface area contributed by atoms with Gasteiger partial charge in [0.25, 0.3) is 0 Å². The van der Waals surface area contributed by atoms with Crippen LogP contribution in [0.15, 0.2) is 23.1 Å². The first kappa shape index (κ1) is 24.2. The highest BCUT2D eigenvalue weighted by atomic mass is 35.5. The minimum Gasteiger partial charge on any atom is -0.477 e. The second-order valence-electron chi connectivity index (χ2n) is 5.62. The Bertz CT molecular complexity index is 855. The molecule has 156 valence electrons. The van der Waals surface area contributed by atoms with Crippen molar-refractivity contribution in [1.82, 2.24) is 9.88 Å². The van der Waals surface area contributed by atoms with Gasteiger partial charge in [-0.3, -0.25) is 4.79 Å². The van der Waals surface area contributed by atoms with E-state index in [1.807, 2.05) is 11.8 Å². The summed E-state index contributed by atoms with van der Waals surface area (Å²) < 4.78 is 16.2. The fraction of sp³-hybridized carbons (Fsp3) is 0.444. The molecule has 1 aromatic heterocycles. The van der Waals surface area contributed by atoms with E-state index in [4.69, 9.17) is 33.4 Å². The zero-order chi connectivity index (χ0) is 21.3. The Morgan fingerprint density at radius 3 is 2.32 bits per heavy atom. The molecule has 0 amide bonds. The van der Waals surface area contributed by atoms with Crippen molar-refractivity contribution in [2.24, 2.45) is 0 Å². The second kappa shape index (κ2) is 11.9. The van der Waals surface area contributed by atoms with Gasteiger partial charge in [-0.15, -0.1) is 23.2 Å². The number of aliphatic hydroxyl groups is 1. The van der Waals surface area contributed by atoms with Gasteiger partial charge in [0.2, 0.25) is 5.43 Å². The van der Waals surface area contributed by atoms with Gasteiger partial charge in [-0.1, -0.05) is 0 Å². The maximum absolute atomic E-state index is 14.5. The SMILES string of the molecule is CCn1cc(C(=O)O)c(=O)c2cc(F)c(N3CCNCC3)cc21.CO.ClCCl. The Balaban J connectivity index is 0.000000717. The summed E-state index contributed by atoms with van der Waals surface area (Å²) in [5.74, 6) is -1.80. The predicted octanol–water partition coefficient (Wildman–Crippen LogP) is 2.30. The number of hydrogen-bond donors (Lipinski definition) is 3. The number of fused-ring (bicyclic) bond motifs is 1. The molecule has 3 rings (SSSR count). The van der Waals surface area contributed by atoms with Crippen molar-refractivity contribution in [3.05, 3.63) is 39.9 Å². The molecule has 1 aliphatic heterocycles. The van der Waals surface area contributed by atoms with Gasteiger partial charge in [0.05, 0.1) is 16.5 Å². The van der Waals surface area contributed by atoms with Crippen LogP contribution in [0.4, 0.5) is 10.1 Å². The monoisotopic (exact) mass is 435 g/mol. The zero-order valence-electron chi connectivity index (χ0n) is 15.7. The number of nitrogens with one attached hydrogen (secondary N) is 1. The average Bonchev–Trinajstić information content (AvgIpc) is 2.71. The summed E-state index contributed by atoms with van der Waals surface area (Å²) in [5, 5.41) is 19.7. The van der Waals surface area contributed by atoms with Gasteiger partial charge in [0.15, 0.2) is 0 Å². The first-order chi connectivity index (χ1) is 13.4. The minimum atomic E-state index is -1.30. The van der Waals surface area contributed by atoms with Gasteiger partial charge in [-0.05, 0) is 19.1 Å². The third-order valence-corrected chi connectivity index (χ3v) is 4.18. The molecule has 1 aliphatic rings. The Morgan fingerprint density at radius 1 is 1.25 bits per heavy atom. The fourth-order valence-electron chi connectivity index (χ4n) is 2.96. The number of carbonyl (C=O) groups is 1. The topological polar surface area (TPSA) is 94.8 Å². The van der Waals surface area contributed by atoms with E-state index in [0.29, 0.717) is 30.8 Å². The van der Waals surface area contributed by atoms with Crippen molar-refractivity contribution >= 4 is 45.8 Å². The largest absolute Gasteiger partial charge is 0.477 e. The molecule has 1 fully saturated rings. The van der Waals surface area contributed by atoms with Crippen molar-refractivity contribution in [1.29, 1.82) is 0 Å². The molecule has 0 saturated carbocycles. The van der Waals surface area contributed by atoms with Crippen molar-refractivity contribution in [3.63, 3.8) is 0 Å². The third-order valence-electron chi connectivity index (χ3n) is 4.18. The van der Waals surface area contributed by atoms with E-state index in [1.54, 1.807) is 10.6 Å². The number of halogens is 3. The number of aliphatic hydroxyl groups excluding tert-OH is 1. The van der Waals surface area contributed by atoms with E-state index < -0.39 is 17.2 Å². The number of anilines is 1. The molecule has 28 heavy (non-hydrogen) atoms. The summed E-state index contributed by atoms with van der Waals surface area (Å²) in [4.78, 5) is 25.4. The Kier molecular flexibility index (Phi) is 10.2. The summed E-state index contributed by atoms with van der Waals surface area (Å²) in [7, 11) is 1.00. The smallest absolute Gasteiger partial charge is 0.341 e. The quantitative estimate of drug-likeness (QED) is 0.640. The molecule has 3 N–H and O–H groups in total. The number of hydrogen-bond acceptors (Lipinski definition) is 5. The van der Waals surface area contributed by atoms with Crippen LogP contribution in [0.3, 0.4) is 0 Å². The van der Waals surface area contributed by atoms with E-state index in [1.165, 1.54) is 6.20 Å². The molecule has 0 radical (unpaired) electrons. The van der Waals surface area contributed by atoms with E-state index in [9.17, 15) is 14.0 Å². The molecule has 0 atom stereocenters. The average molecular weight is 436 g/mol. The van der Waals surface area contributed by atoms with Crippen molar-refractivity contribution < 1.29 is 19.4 Å². The highest BCUT2D eigenvalue weighted by Gasteiger charge is 2.19. The number of carboxylic acids is 1. The summed E-state index contributed by atoms with van der Waals surface area (Å²) in [6.45, 7) is 5.26. The molecular formula is C18H24Cl2FN3O4. The summed E-state index contributed by atoms with van der Waals surface area (Å²) in [6.07, 6.45) is 1.33. The number of rotatable bonds is 3. The predicted molar refractivity (Wildman–Crippen MR) is 111 cm³/mol. The lowest BCUT2D eigenvalue weighted by molar-refractivity contribution is 0.0695. The molecule has 0 aliphatic carbocycles. The fourth-order valence-corrected chi connectivity index (χ4v) is 2.96. The Labute approximate surface area is 172 Å². The first-order valence-electron chi connectivity index (χ1n) is 8.56. The zero-order valence-corrected chi connectivity index (χ0v) is 17.2. The molecule has 2 heterocycles. The molecule has 0 spiro atoms. The number of alkyl halides is 2. The molecule has 0 bridgehead atoms. The first-order valence-corrected chi connectivity index (χ1v) is 9.63. The number of piperazine rings is 1. The maximum Gasteiger partial charge on any atom is 0.341 e. The van der Waals surface area contributed by atoms with Crippen LogP contribution >= 0.6 is 23.2 Å². The van der Waals surface area contributed by atoms with E-state index in [2.05, 4.69) is 5.32 Å². The normalized spacial score (nSPS) is 13.3. The number of nitrogens with zero attached hydrogens (tertiary/aromatic N) is 2. The van der Waals surface area contributed by atoms with Crippen LogP contribution in [0.2, 0.25) is 0 Å². The Morgan fingerprint density at radius 2 is 1.82 bits per heavy atom. The molecular weight excluding hydrogens is 412 g/mol. The highest BCUT2D eigenvalue weighted by molar-refractivity contribution is 6.40. The van der Waals surface area contributed by atoms with E-state index in [0.717, 1.165) is 26.3 Å². The summed E-state index contributed by atoms with van der Waals surface area (Å²) in [6, 6.07) is 2.81. The van der Waals surface area contributed by atoms with Crippen LogP contribution in [0.5, 0.6) is 0 Å². The highest BCUT2D eigenvalue weighted by Crippen LogP contribution is 2.25. The molecule has 10 heteroatoms. The molecule has 7 nitrogen and oxygen atoms in total. The van der Waals surface area contributed by atoms with E-state index in [-0.39, 0.29) is 16.3 Å². The number of carboxylic acid groups (broad SMARTS) is 1. The molecule has 0 unspecified atom stereocenters. The lowest BCUT2D eigenvalue weighted by atomic mass is 10.1. The van der Waals surface area contributed by atoms with Crippen LogP contribution in [-0.4, -0.2) is 59.4 Å². The van der Waals surface area contributed by atoms with E-state index >= 15 is 0 Å². The van der Waals surface area contributed by atoms with Crippen molar-refractivity contribution in [3.8, 4) is 0 Å². The maximum atomic E-state index is 14.5. The number of aromatic carboxylic acids is 1. The number of aryl methyl sites for hydroxylation is 1. The van der Waals surface area contributed by atoms with Crippen molar-refractivity contribution in [2.45, 2.75) is 13.5 Å². The van der Waals surface area contributed by atoms with Crippen LogP contribution in [-0.2, 0) is 6.54 Å². The lowest BCUT2D eigenvalue weighted by Crippen LogP contribution is -2.43. The number of pyridine rings is 1. The summed E-state index contributed by atoms with van der Waals surface area (Å²) in [5.41, 5.74) is 0.0118. The third kappa shape index (κ3) is 5.57. The van der Waals surface area contributed by atoms with Gasteiger partial charge >= 0.3 is 5.97 Å². The number of aromatic nitrogens is 1. The van der Waals surface area contributed by atoms with Crippen molar-refractivity contribution in [2.75, 3.05) is 43.5 Å². The summed E-state index contributed by atoms with van der Waals surface area (Å²) >= 11 is 9.53. The molecule has 1 aromatic carbocycles. The second-order valence-corrected chi connectivity index (χ2v) is 6.43. The molecule has 1 saturated heterocycles. The van der Waals surface area contributed by atoms with Gasteiger partial charge in [0, 0.05) is 51.4 Å². The standard InChI is InChI=1S/C16H18FN3O3.CH2Cl2.CH4O/c1-2-19-9-11(16(22)23)15(21)10-7-12(17)14(8-13(10)19)20-5-3-18-4-6-20;2-1-3;1-2/h7-9,18H,2-6H2,1H3,(H,22,23);1H2;2H,1H3. The minimum absolute atomic E-state index is 0.100. The Hall–Kier alpha value is -1.87. The van der Waals surface area contributed by atoms with Gasteiger partial charge < -0.3 is 25.0 Å². The van der Waals surface area contributed by atoms with Gasteiger partial charge in [0.1, 0.15) is 11.4 Å². The van der Waals surface area contributed by atoms with Crippen LogP contribution in [0.25, 0.3) is 10.9 Å². The van der Waals surface area contributed by atoms with Crippen LogP contribution in [0.1, 0.15) is 17.3 Å². The van der Waals surface area contributed by atoms with Crippen LogP contribution in [0, 0.1) is 5.82 Å². The van der Waals surface area contributed by atoms with Gasteiger partial charge in [-0.25, -0.2) is 9.18 Å². The lowest BCUT2D eigenvalue weighted by Gasteiger charge is -2.30. The number of benzene rings is 1. The van der Waals surface area contributed by atoms with Crippen LogP contribution < -0.4 is 15.6 Å². The van der Waals surface area contributed by atoms with Gasteiger partial charge in [-0.2, -0.15) is 0 Å². The molecule has 2 aromatic rings.